The molecule has 0 saturated carbocycles. The number of rotatable bonds is 5. The van der Waals surface area contributed by atoms with Crippen molar-refractivity contribution in [1.82, 2.24) is 0 Å². The van der Waals surface area contributed by atoms with Gasteiger partial charge in [-0.05, 0) is 0 Å². The maximum absolute atomic E-state index is 6.65. The van der Waals surface area contributed by atoms with Gasteiger partial charge in [0, 0.05) is 11.0 Å². The Balaban J connectivity index is 2.66. The molecule has 2 aromatic rings. The van der Waals surface area contributed by atoms with E-state index in [4.69, 9.17) is 4.43 Å². The van der Waals surface area contributed by atoms with Gasteiger partial charge in [-0.15, -0.1) is 5.04 Å². The lowest BCUT2D eigenvalue weighted by molar-refractivity contribution is 0.324. The molecule has 0 heterocycles. The lowest BCUT2D eigenvalue weighted by Crippen LogP contribution is -2.66. The second kappa shape index (κ2) is 7.07. The number of alkyl halides is 1. The Morgan fingerprint density at radius 1 is 0.857 bits per heavy atom. The average molecular weight is 410 g/mol. The van der Waals surface area contributed by atoms with Crippen molar-refractivity contribution in [2.24, 2.45) is 0 Å². The molecule has 0 amide bonds. The van der Waals surface area contributed by atoms with Crippen molar-refractivity contribution in [2.45, 2.75) is 25.8 Å². The van der Waals surface area contributed by atoms with E-state index in [0.29, 0.717) is 0 Å². The molecule has 0 aliphatic heterocycles. The van der Waals surface area contributed by atoms with E-state index in [0.717, 1.165) is 11.0 Å². The van der Waals surface area contributed by atoms with Gasteiger partial charge in [-0.25, -0.2) is 0 Å². The predicted molar refractivity (Wildman–Crippen MR) is 102 cm³/mol. The van der Waals surface area contributed by atoms with Crippen molar-refractivity contribution in [1.29, 1.82) is 0 Å². The highest BCUT2D eigenvalue weighted by Gasteiger charge is 2.36. The van der Waals surface area contributed by atoms with Crippen LogP contribution < -0.4 is 10.4 Å². The molecule has 2 rings (SSSR count). The summed E-state index contributed by atoms with van der Waals surface area (Å²) in [6.07, 6.45) is 0. The zero-order valence-corrected chi connectivity index (χ0v) is 16.1. The van der Waals surface area contributed by atoms with E-state index in [2.05, 4.69) is 104 Å². The molecule has 0 aromatic heterocycles. The Bertz CT molecular complexity index is 509. The Morgan fingerprint density at radius 2 is 1.29 bits per heavy atom. The van der Waals surface area contributed by atoms with Gasteiger partial charge in [0.2, 0.25) is 0 Å². The molecule has 0 radical (unpaired) electrons. The molecule has 2 aromatic carbocycles. The summed E-state index contributed by atoms with van der Waals surface area (Å²) in [5.41, 5.74) is 0. The van der Waals surface area contributed by atoms with E-state index in [1.165, 1.54) is 10.4 Å². The highest BCUT2D eigenvalue weighted by atomic mass is 127. The SMILES string of the molecule is CC(C)(C)[Si-](OCCI)(c1ccccc1)c1ccccc1. The summed E-state index contributed by atoms with van der Waals surface area (Å²) < 4.78 is 7.66. The largest absolute Gasteiger partial charge is 0.557 e. The van der Waals surface area contributed by atoms with Gasteiger partial charge in [0.25, 0.3) is 0 Å². The second-order valence-corrected chi connectivity index (χ2v) is 11.6. The van der Waals surface area contributed by atoms with E-state index in [-0.39, 0.29) is 5.04 Å². The highest BCUT2D eigenvalue weighted by Crippen LogP contribution is 2.36. The summed E-state index contributed by atoms with van der Waals surface area (Å²) >= 11 is 2.39. The van der Waals surface area contributed by atoms with E-state index in [9.17, 15) is 0 Å². The van der Waals surface area contributed by atoms with Crippen LogP contribution in [0.2, 0.25) is 5.04 Å². The van der Waals surface area contributed by atoms with E-state index in [1.807, 2.05) is 0 Å². The minimum absolute atomic E-state index is 0.0848. The molecular formula is C18H23IOSi-. The fraction of sp³-hybridized carbons (Fsp3) is 0.333. The molecule has 1 nitrogen and oxygen atoms in total. The molecule has 0 aliphatic carbocycles. The minimum Gasteiger partial charge on any atom is -0.557 e. The molecule has 21 heavy (non-hydrogen) atoms. The molecule has 0 bridgehead atoms. The standard InChI is InChI=1S/C18H23IOSi/c1-18(2,3)21(20-15-14-19,16-10-6-4-7-11-16)17-12-8-5-9-13-17/h4-13H,14-15H2,1-3H3/q-1. The molecule has 0 unspecified atom stereocenters. The highest BCUT2D eigenvalue weighted by molar-refractivity contribution is 14.1. The Kier molecular flexibility index (Phi) is 5.63. The Morgan fingerprint density at radius 3 is 1.62 bits per heavy atom. The summed E-state index contributed by atoms with van der Waals surface area (Å²) in [6, 6.07) is 21.6. The van der Waals surface area contributed by atoms with Crippen LogP contribution in [-0.4, -0.2) is 19.4 Å². The van der Waals surface area contributed by atoms with Crippen LogP contribution in [0.25, 0.3) is 0 Å². The maximum Gasteiger partial charge on any atom is 0.0509 e. The fourth-order valence-electron chi connectivity index (χ4n) is 2.95. The first-order valence-electron chi connectivity index (χ1n) is 7.33. The van der Waals surface area contributed by atoms with E-state index >= 15 is 0 Å². The lowest BCUT2D eigenvalue weighted by Gasteiger charge is -2.55. The average Bonchev–Trinajstić information content (AvgIpc) is 2.49. The van der Waals surface area contributed by atoms with Crippen molar-refractivity contribution >= 4 is 41.3 Å². The number of hydrogen-bond donors (Lipinski definition) is 0. The van der Waals surface area contributed by atoms with Crippen LogP contribution in [0, 0.1) is 0 Å². The molecule has 0 fully saturated rings. The molecule has 0 N–H and O–H groups in total. The lowest BCUT2D eigenvalue weighted by atomic mass is 10.2. The maximum atomic E-state index is 6.65. The predicted octanol–water partition coefficient (Wildman–Crippen LogP) is 4.00. The summed E-state index contributed by atoms with van der Waals surface area (Å²) in [4.78, 5) is 0. The zero-order chi connectivity index (χ0) is 15.3. The van der Waals surface area contributed by atoms with E-state index < -0.39 is 8.32 Å². The summed E-state index contributed by atoms with van der Waals surface area (Å²) in [5, 5.41) is 2.80. The van der Waals surface area contributed by atoms with Crippen molar-refractivity contribution in [3.63, 3.8) is 0 Å². The molecule has 3 heteroatoms. The normalized spacial score (nSPS) is 12.4. The van der Waals surface area contributed by atoms with Crippen LogP contribution in [0.5, 0.6) is 0 Å². The minimum atomic E-state index is -2.28. The van der Waals surface area contributed by atoms with Crippen LogP contribution in [0.15, 0.2) is 60.7 Å². The van der Waals surface area contributed by atoms with Crippen LogP contribution >= 0.6 is 22.6 Å². The van der Waals surface area contributed by atoms with Crippen molar-refractivity contribution in [2.75, 3.05) is 11.0 Å². The van der Waals surface area contributed by atoms with Crippen LogP contribution in [0.1, 0.15) is 20.8 Å². The van der Waals surface area contributed by atoms with Crippen LogP contribution in [0.3, 0.4) is 0 Å². The molecule has 0 saturated heterocycles. The fourth-order valence-corrected chi connectivity index (χ4v) is 8.15. The third kappa shape index (κ3) is 3.41. The van der Waals surface area contributed by atoms with Crippen LogP contribution in [0.4, 0.5) is 0 Å². The van der Waals surface area contributed by atoms with Gasteiger partial charge >= 0.3 is 0 Å². The first-order valence-corrected chi connectivity index (χ1v) is 10.8. The quantitative estimate of drug-likeness (QED) is 0.411. The number of benzene rings is 2. The van der Waals surface area contributed by atoms with Gasteiger partial charge in [0.15, 0.2) is 0 Å². The third-order valence-corrected chi connectivity index (χ3v) is 9.30. The first-order chi connectivity index (χ1) is 10.0. The molecule has 0 atom stereocenters. The Labute approximate surface area is 143 Å². The topological polar surface area (TPSA) is 9.23 Å². The number of halogens is 1. The van der Waals surface area contributed by atoms with Gasteiger partial charge in [-0.3, -0.25) is 0 Å². The zero-order valence-electron chi connectivity index (χ0n) is 13.0. The van der Waals surface area contributed by atoms with E-state index in [1.54, 1.807) is 0 Å². The summed E-state index contributed by atoms with van der Waals surface area (Å²) in [7, 11) is -2.28. The molecule has 0 aliphatic rings. The van der Waals surface area contributed by atoms with Gasteiger partial charge in [-0.1, -0.05) is 104 Å². The van der Waals surface area contributed by atoms with Gasteiger partial charge in [0.05, 0.1) is 8.32 Å². The van der Waals surface area contributed by atoms with Crippen molar-refractivity contribution < 1.29 is 4.43 Å². The molecular weight excluding hydrogens is 387 g/mol. The first kappa shape index (κ1) is 16.7. The summed E-state index contributed by atoms with van der Waals surface area (Å²) in [5.74, 6) is 0. The van der Waals surface area contributed by atoms with Gasteiger partial charge in [-0.2, -0.15) is 10.4 Å². The summed E-state index contributed by atoms with van der Waals surface area (Å²) in [6.45, 7) is 7.74. The van der Waals surface area contributed by atoms with Crippen LogP contribution in [-0.2, 0) is 4.43 Å². The number of hydrogen-bond acceptors (Lipinski definition) is 1. The van der Waals surface area contributed by atoms with Crippen molar-refractivity contribution in [3.8, 4) is 0 Å². The molecule has 113 valence electrons. The second-order valence-electron chi connectivity index (χ2n) is 6.20. The smallest absolute Gasteiger partial charge is 0.0509 e. The van der Waals surface area contributed by atoms with Gasteiger partial charge < -0.3 is 4.43 Å². The van der Waals surface area contributed by atoms with Crippen molar-refractivity contribution in [3.05, 3.63) is 60.7 Å². The third-order valence-electron chi connectivity index (χ3n) is 3.81. The monoisotopic (exact) mass is 410 g/mol. The molecule has 0 spiro atoms. The van der Waals surface area contributed by atoms with Gasteiger partial charge in [0.1, 0.15) is 0 Å². The Hall–Kier alpha value is -0.653.